The lowest BCUT2D eigenvalue weighted by Gasteiger charge is -2.09. The molecule has 0 amide bonds. The molecule has 0 spiro atoms. The van der Waals surface area contributed by atoms with Crippen molar-refractivity contribution in [3.05, 3.63) is 42.7 Å². The van der Waals surface area contributed by atoms with Crippen molar-refractivity contribution < 1.29 is 4.39 Å². The van der Waals surface area contributed by atoms with Crippen molar-refractivity contribution in [3.8, 4) is 0 Å². The van der Waals surface area contributed by atoms with Crippen LogP contribution in [0.5, 0.6) is 0 Å². The van der Waals surface area contributed by atoms with Crippen LogP contribution < -0.4 is 11.1 Å². The minimum atomic E-state index is -0.292. The monoisotopic (exact) mass is 220 g/mol. The van der Waals surface area contributed by atoms with Crippen molar-refractivity contribution in [2.75, 3.05) is 17.6 Å². The maximum atomic E-state index is 12.9. The molecule has 2 rings (SSSR count). The molecular weight excluding hydrogens is 207 g/mol. The number of imidazole rings is 1. The van der Waals surface area contributed by atoms with Crippen LogP contribution >= 0.6 is 0 Å². The predicted octanol–water partition coefficient (Wildman–Crippen LogP) is 1.72. The van der Waals surface area contributed by atoms with Gasteiger partial charge in [-0.3, -0.25) is 0 Å². The molecule has 0 aliphatic heterocycles. The molecule has 1 aromatic heterocycles. The highest BCUT2D eigenvalue weighted by Crippen LogP contribution is 2.18. The number of nitrogens with zero attached hydrogens (tertiary/aromatic N) is 2. The molecule has 2 aromatic rings. The number of anilines is 2. The van der Waals surface area contributed by atoms with Gasteiger partial charge in [0.1, 0.15) is 5.82 Å². The van der Waals surface area contributed by atoms with Crippen molar-refractivity contribution in [2.45, 2.75) is 6.54 Å². The Morgan fingerprint density at radius 1 is 1.44 bits per heavy atom. The molecule has 0 unspecified atom stereocenters. The van der Waals surface area contributed by atoms with E-state index in [2.05, 4.69) is 10.3 Å². The lowest BCUT2D eigenvalue weighted by Crippen LogP contribution is -2.10. The largest absolute Gasteiger partial charge is 0.397 e. The van der Waals surface area contributed by atoms with Crippen LogP contribution in [-0.2, 0) is 6.54 Å². The summed E-state index contributed by atoms with van der Waals surface area (Å²) in [5.41, 5.74) is 6.87. The average molecular weight is 220 g/mol. The Bertz CT molecular complexity index is 453. The van der Waals surface area contributed by atoms with E-state index < -0.39 is 0 Å². The van der Waals surface area contributed by atoms with Crippen LogP contribution in [0.1, 0.15) is 0 Å². The van der Waals surface area contributed by atoms with Crippen LogP contribution in [0.15, 0.2) is 36.9 Å². The van der Waals surface area contributed by atoms with Gasteiger partial charge in [-0.15, -0.1) is 0 Å². The van der Waals surface area contributed by atoms with Crippen molar-refractivity contribution in [1.29, 1.82) is 0 Å². The van der Waals surface area contributed by atoms with Crippen LogP contribution in [0.2, 0.25) is 0 Å². The summed E-state index contributed by atoms with van der Waals surface area (Å²) < 4.78 is 14.9. The van der Waals surface area contributed by atoms with Crippen molar-refractivity contribution >= 4 is 11.4 Å². The molecular formula is C11H13FN4. The first-order valence-electron chi connectivity index (χ1n) is 5.00. The van der Waals surface area contributed by atoms with Crippen LogP contribution in [0.4, 0.5) is 15.8 Å². The lowest BCUT2D eigenvalue weighted by atomic mass is 10.2. The topological polar surface area (TPSA) is 55.9 Å². The summed E-state index contributed by atoms with van der Waals surface area (Å²) >= 11 is 0. The van der Waals surface area contributed by atoms with Crippen molar-refractivity contribution in [3.63, 3.8) is 0 Å². The Morgan fingerprint density at radius 3 is 3.06 bits per heavy atom. The number of rotatable bonds is 4. The van der Waals surface area contributed by atoms with E-state index in [0.29, 0.717) is 17.9 Å². The third-order valence-corrected chi connectivity index (χ3v) is 2.26. The summed E-state index contributed by atoms with van der Waals surface area (Å²) in [5, 5.41) is 3.08. The zero-order valence-electron chi connectivity index (χ0n) is 8.73. The molecule has 1 aromatic carbocycles. The first kappa shape index (κ1) is 10.5. The molecule has 0 aliphatic rings. The van der Waals surface area contributed by atoms with Crippen LogP contribution in [0.3, 0.4) is 0 Å². The summed E-state index contributed by atoms with van der Waals surface area (Å²) in [6.07, 6.45) is 5.32. The normalized spacial score (nSPS) is 10.3. The van der Waals surface area contributed by atoms with E-state index in [4.69, 9.17) is 5.73 Å². The fourth-order valence-electron chi connectivity index (χ4n) is 1.42. The number of benzene rings is 1. The quantitative estimate of drug-likeness (QED) is 0.771. The Kier molecular flexibility index (Phi) is 3.05. The first-order valence-corrected chi connectivity index (χ1v) is 5.00. The van der Waals surface area contributed by atoms with E-state index >= 15 is 0 Å². The standard InChI is InChI=1S/C11H13FN4/c12-9-1-2-10(13)11(7-9)15-4-6-16-5-3-14-8-16/h1-3,5,7-8,15H,4,6,13H2. The van der Waals surface area contributed by atoms with Crippen LogP contribution in [-0.4, -0.2) is 16.1 Å². The summed E-state index contributed by atoms with van der Waals surface area (Å²) in [6, 6.07) is 4.29. The van der Waals surface area contributed by atoms with Gasteiger partial charge in [0.25, 0.3) is 0 Å². The average Bonchev–Trinajstić information content (AvgIpc) is 2.76. The molecule has 1 heterocycles. The molecule has 0 aliphatic carbocycles. The third-order valence-electron chi connectivity index (χ3n) is 2.26. The molecule has 16 heavy (non-hydrogen) atoms. The fraction of sp³-hybridized carbons (Fsp3) is 0.182. The van der Waals surface area contributed by atoms with E-state index in [-0.39, 0.29) is 5.82 Å². The number of aromatic nitrogens is 2. The molecule has 0 bridgehead atoms. The molecule has 0 radical (unpaired) electrons. The second-order valence-electron chi connectivity index (χ2n) is 3.46. The molecule has 0 saturated heterocycles. The number of nitrogens with two attached hydrogens (primary N) is 1. The minimum Gasteiger partial charge on any atom is -0.397 e. The van der Waals surface area contributed by atoms with Gasteiger partial charge >= 0.3 is 0 Å². The van der Waals surface area contributed by atoms with E-state index in [1.54, 1.807) is 18.6 Å². The zero-order valence-corrected chi connectivity index (χ0v) is 8.73. The lowest BCUT2D eigenvalue weighted by molar-refractivity contribution is 0.628. The molecule has 84 valence electrons. The molecule has 3 N–H and O–H groups in total. The third kappa shape index (κ3) is 2.50. The maximum Gasteiger partial charge on any atom is 0.125 e. The SMILES string of the molecule is Nc1ccc(F)cc1NCCn1ccnc1. The highest BCUT2D eigenvalue weighted by Gasteiger charge is 1.99. The van der Waals surface area contributed by atoms with Crippen LogP contribution in [0.25, 0.3) is 0 Å². The number of halogens is 1. The summed E-state index contributed by atoms with van der Waals surface area (Å²) in [5.74, 6) is -0.292. The first-order chi connectivity index (χ1) is 7.75. The molecule has 0 fully saturated rings. The second kappa shape index (κ2) is 4.65. The van der Waals surface area contributed by atoms with Gasteiger partial charge in [0.05, 0.1) is 17.7 Å². The number of nitrogen functional groups attached to an aromatic ring is 1. The highest BCUT2D eigenvalue weighted by atomic mass is 19.1. The fourth-order valence-corrected chi connectivity index (χ4v) is 1.42. The number of nitrogens with one attached hydrogen (secondary N) is 1. The highest BCUT2D eigenvalue weighted by molar-refractivity contribution is 5.65. The number of hydrogen-bond donors (Lipinski definition) is 2. The molecule has 5 heteroatoms. The van der Waals surface area contributed by atoms with Crippen molar-refractivity contribution in [1.82, 2.24) is 9.55 Å². The predicted molar refractivity (Wildman–Crippen MR) is 61.5 cm³/mol. The van der Waals surface area contributed by atoms with Gasteiger partial charge in [-0.25, -0.2) is 9.37 Å². The van der Waals surface area contributed by atoms with Gasteiger partial charge in [-0.1, -0.05) is 0 Å². The molecule has 4 nitrogen and oxygen atoms in total. The Labute approximate surface area is 92.9 Å². The van der Waals surface area contributed by atoms with E-state index in [0.717, 1.165) is 6.54 Å². The molecule has 0 atom stereocenters. The zero-order chi connectivity index (χ0) is 11.4. The summed E-state index contributed by atoms with van der Waals surface area (Å²) in [6.45, 7) is 1.43. The Morgan fingerprint density at radius 2 is 2.31 bits per heavy atom. The van der Waals surface area contributed by atoms with Gasteiger partial charge in [0.15, 0.2) is 0 Å². The van der Waals surface area contributed by atoms with Gasteiger partial charge in [-0.05, 0) is 18.2 Å². The van der Waals surface area contributed by atoms with E-state index in [9.17, 15) is 4.39 Å². The van der Waals surface area contributed by atoms with Gasteiger partial charge < -0.3 is 15.6 Å². The minimum absolute atomic E-state index is 0.292. The van der Waals surface area contributed by atoms with Crippen LogP contribution in [0, 0.1) is 5.82 Å². The Hall–Kier alpha value is -2.04. The second-order valence-corrected chi connectivity index (χ2v) is 3.46. The van der Waals surface area contributed by atoms with E-state index in [1.165, 1.54) is 12.1 Å². The van der Waals surface area contributed by atoms with Gasteiger partial charge in [-0.2, -0.15) is 0 Å². The maximum absolute atomic E-state index is 12.9. The Balaban J connectivity index is 1.92. The summed E-state index contributed by atoms with van der Waals surface area (Å²) in [7, 11) is 0. The van der Waals surface area contributed by atoms with E-state index in [1.807, 2.05) is 10.8 Å². The summed E-state index contributed by atoms with van der Waals surface area (Å²) in [4.78, 5) is 3.93. The van der Waals surface area contributed by atoms with Crippen molar-refractivity contribution in [2.24, 2.45) is 0 Å². The van der Waals surface area contributed by atoms with Gasteiger partial charge in [0.2, 0.25) is 0 Å². The van der Waals surface area contributed by atoms with Gasteiger partial charge in [0, 0.05) is 25.5 Å². The smallest absolute Gasteiger partial charge is 0.125 e. The number of hydrogen-bond acceptors (Lipinski definition) is 3. The molecule has 0 saturated carbocycles.